The van der Waals surface area contributed by atoms with Gasteiger partial charge < -0.3 is 9.67 Å². The first-order valence-corrected chi connectivity index (χ1v) is 10.1. The van der Waals surface area contributed by atoms with Crippen LogP contribution in [-0.4, -0.2) is 15.6 Å². The van der Waals surface area contributed by atoms with E-state index in [2.05, 4.69) is 23.6 Å². The Balaban J connectivity index is 1.83. The van der Waals surface area contributed by atoms with Gasteiger partial charge in [-0.1, -0.05) is 48.3 Å². The molecule has 1 fully saturated rings. The first-order chi connectivity index (χ1) is 12.5. The largest absolute Gasteiger partial charge is 0.478 e. The SMILES string of the molecule is Cc1c(Sc2cccc(C(=O)O)c2)c2ccc(Cl)cc2n1C1CCCC1. The van der Waals surface area contributed by atoms with Crippen LogP contribution >= 0.6 is 23.4 Å². The molecule has 0 saturated heterocycles. The maximum Gasteiger partial charge on any atom is 0.335 e. The van der Waals surface area contributed by atoms with Gasteiger partial charge in [-0.2, -0.15) is 0 Å². The number of rotatable bonds is 4. The third kappa shape index (κ3) is 3.12. The van der Waals surface area contributed by atoms with Crippen LogP contribution in [0.4, 0.5) is 0 Å². The molecule has 0 atom stereocenters. The molecule has 0 radical (unpaired) electrons. The molecule has 0 bridgehead atoms. The van der Waals surface area contributed by atoms with Gasteiger partial charge in [0.15, 0.2) is 0 Å². The Bertz CT molecular complexity index is 989. The lowest BCUT2D eigenvalue weighted by Gasteiger charge is -2.16. The lowest BCUT2D eigenvalue weighted by Crippen LogP contribution is -2.06. The molecule has 5 heteroatoms. The van der Waals surface area contributed by atoms with E-state index in [9.17, 15) is 9.90 Å². The highest BCUT2D eigenvalue weighted by atomic mass is 35.5. The van der Waals surface area contributed by atoms with Crippen molar-refractivity contribution in [1.29, 1.82) is 0 Å². The second-order valence-corrected chi connectivity index (χ2v) is 8.34. The Morgan fingerprint density at radius 3 is 2.69 bits per heavy atom. The van der Waals surface area contributed by atoms with Crippen molar-refractivity contribution >= 4 is 40.2 Å². The number of carbonyl (C=O) groups is 1. The molecule has 2 aromatic carbocycles. The second-order valence-electron chi connectivity index (χ2n) is 6.82. The second kappa shape index (κ2) is 7.01. The molecule has 0 unspecified atom stereocenters. The Hall–Kier alpha value is -1.91. The first-order valence-electron chi connectivity index (χ1n) is 8.86. The smallest absolute Gasteiger partial charge is 0.335 e. The van der Waals surface area contributed by atoms with Gasteiger partial charge in [0.05, 0.1) is 11.1 Å². The molecule has 1 saturated carbocycles. The number of benzene rings is 2. The van der Waals surface area contributed by atoms with Crippen molar-refractivity contribution in [3.8, 4) is 0 Å². The summed E-state index contributed by atoms with van der Waals surface area (Å²) in [5.74, 6) is -0.899. The summed E-state index contributed by atoms with van der Waals surface area (Å²) in [5, 5.41) is 11.2. The Morgan fingerprint density at radius 2 is 1.96 bits per heavy atom. The Kier molecular flexibility index (Phi) is 4.72. The number of carboxylic acid groups (broad SMARTS) is 1. The first kappa shape index (κ1) is 17.5. The van der Waals surface area contributed by atoms with Gasteiger partial charge in [0, 0.05) is 31.9 Å². The third-order valence-corrected chi connectivity index (χ3v) is 6.59. The summed E-state index contributed by atoms with van der Waals surface area (Å²) >= 11 is 7.92. The molecular weight excluding hydrogens is 366 g/mol. The van der Waals surface area contributed by atoms with Crippen LogP contribution in [0.2, 0.25) is 5.02 Å². The van der Waals surface area contributed by atoms with Crippen molar-refractivity contribution in [3.63, 3.8) is 0 Å². The number of hydrogen-bond donors (Lipinski definition) is 1. The van der Waals surface area contributed by atoms with Gasteiger partial charge in [-0.15, -0.1) is 0 Å². The highest BCUT2D eigenvalue weighted by Crippen LogP contribution is 2.43. The van der Waals surface area contributed by atoms with E-state index in [0.717, 1.165) is 9.92 Å². The summed E-state index contributed by atoms with van der Waals surface area (Å²) < 4.78 is 2.44. The van der Waals surface area contributed by atoms with E-state index in [-0.39, 0.29) is 0 Å². The van der Waals surface area contributed by atoms with Crippen LogP contribution in [0, 0.1) is 6.92 Å². The number of carboxylic acids is 1. The fourth-order valence-electron chi connectivity index (χ4n) is 3.95. The van der Waals surface area contributed by atoms with E-state index in [0.29, 0.717) is 11.6 Å². The number of aromatic nitrogens is 1. The minimum Gasteiger partial charge on any atom is -0.478 e. The number of aromatic carboxylic acids is 1. The van der Waals surface area contributed by atoms with E-state index in [1.54, 1.807) is 30.0 Å². The van der Waals surface area contributed by atoms with Crippen molar-refractivity contribution in [2.24, 2.45) is 0 Å². The fourth-order valence-corrected chi connectivity index (χ4v) is 5.22. The highest BCUT2D eigenvalue weighted by Gasteiger charge is 2.24. The van der Waals surface area contributed by atoms with Crippen LogP contribution in [0.1, 0.15) is 47.8 Å². The molecule has 0 amide bonds. The molecule has 1 N–H and O–H groups in total. The van der Waals surface area contributed by atoms with Crippen molar-refractivity contribution in [2.45, 2.75) is 48.4 Å². The van der Waals surface area contributed by atoms with Gasteiger partial charge in [-0.3, -0.25) is 0 Å². The molecule has 3 aromatic rings. The number of hydrogen-bond acceptors (Lipinski definition) is 2. The molecule has 1 aliphatic carbocycles. The quantitative estimate of drug-likeness (QED) is 0.552. The van der Waals surface area contributed by atoms with Crippen molar-refractivity contribution in [1.82, 2.24) is 4.57 Å². The standard InChI is InChI=1S/C21H20ClNO2S/c1-13-20(26-17-8-4-5-14(11-17)21(24)25)18-10-9-15(22)12-19(18)23(13)16-6-2-3-7-16/h4-5,8-12,16H,2-3,6-7H2,1H3,(H,24,25). The van der Waals surface area contributed by atoms with Gasteiger partial charge in [0.1, 0.15) is 0 Å². The van der Waals surface area contributed by atoms with Crippen LogP contribution in [0.15, 0.2) is 52.3 Å². The predicted molar refractivity (Wildman–Crippen MR) is 107 cm³/mol. The lowest BCUT2D eigenvalue weighted by atomic mass is 10.2. The molecule has 3 nitrogen and oxygen atoms in total. The molecule has 134 valence electrons. The monoisotopic (exact) mass is 385 g/mol. The highest BCUT2D eigenvalue weighted by molar-refractivity contribution is 7.99. The Labute approximate surface area is 162 Å². The zero-order chi connectivity index (χ0) is 18.3. The van der Waals surface area contributed by atoms with Crippen LogP contribution in [0.5, 0.6) is 0 Å². The molecule has 1 aromatic heterocycles. The summed E-state index contributed by atoms with van der Waals surface area (Å²) in [6.45, 7) is 2.16. The van der Waals surface area contributed by atoms with Crippen LogP contribution in [0.25, 0.3) is 10.9 Å². The van der Waals surface area contributed by atoms with E-state index in [4.69, 9.17) is 11.6 Å². The minimum absolute atomic E-state index is 0.315. The van der Waals surface area contributed by atoms with Crippen LogP contribution in [-0.2, 0) is 0 Å². The predicted octanol–water partition coefficient (Wildman–Crippen LogP) is 6.57. The number of fused-ring (bicyclic) bond motifs is 1. The summed E-state index contributed by atoms with van der Waals surface area (Å²) in [7, 11) is 0. The fraction of sp³-hybridized carbons (Fsp3) is 0.286. The summed E-state index contributed by atoms with van der Waals surface area (Å²) in [6.07, 6.45) is 4.95. The van der Waals surface area contributed by atoms with Crippen LogP contribution in [0.3, 0.4) is 0 Å². The van der Waals surface area contributed by atoms with E-state index in [1.807, 2.05) is 12.1 Å². The average Bonchev–Trinajstić information content (AvgIpc) is 3.22. The molecule has 0 spiro atoms. The molecule has 4 rings (SSSR count). The van der Waals surface area contributed by atoms with Gasteiger partial charge >= 0.3 is 5.97 Å². The van der Waals surface area contributed by atoms with Gasteiger partial charge in [-0.25, -0.2) is 4.79 Å². The molecule has 1 heterocycles. The van der Waals surface area contributed by atoms with E-state index < -0.39 is 5.97 Å². The van der Waals surface area contributed by atoms with Gasteiger partial charge in [0.25, 0.3) is 0 Å². The average molecular weight is 386 g/mol. The maximum absolute atomic E-state index is 11.3. The van der Waals surface area contributed by atoms with Crippen molar-refractivity contribution < 1.29 is 9.90 Å². The molecular formula is C21H20ClNO2S. The minimum atomic E-state index is -0.899. The normalized spacial score (nSPS) is 15.0. The number of halogens is 1. The topological polar surface area (TPSA) is 42.2 Å². The summed E-state index contributed by atoms with van der Waals surface area (Å²) in [6, 6.07) is 13.7. The third-order valence-electron chi connectivity index (χ3n) is 5.14. The number of nitrogens with zero attached hydrogens (tertiary/aromatic N) is 1. The van der Waals surface area contributed by atoms with Crippen molar-refractivity contribution in [3.05, 3.63) is 58.7 Å². The van der Waals surface area contributed by atoms with Crippen molar-refractivity contribution in [2.75, 3.05) is 0 Å². The van der Waals surface area contributed by atoms with Gasteiger partial charge in [0.2, 0.25) is 0 Å². The van der Waals surface area contributed by atoms with E-state index in [1.165, 1.54) is 47.2 Å². The zero-order valence-electron chi connectivity index (χ0n) is 14.5. The summed E-state index contributed by atoms with van der Waals surface area (Å²) in [4.78, 5) is 13.4. The lowest BCUT2D eigenvalue weighted by molar-refractivity contribution is 0.0696. The zero-order valence-corrected chi connectivity index (χ0v) is 16.1. The van der Waals surface area contributed by atoms with Crippen LogP contribution < -0.4 is 0 Å². The molecule has 0 aliphatic heterocycles. The maximum atomic E-state index is 11.3. The summed E-state index contributed by atoms with van der Waals surface area (Å²) in [5.41, 5.74) is 2.73. The van der Waals surface area contributed by atoms with Gasteiger partial charge in [-0.05, 0) is 50.1 Å². The van der Waals surface area contributed by atoms with E-state index >= 15 is 0 Å². The Morgan fingerprint density at radius 1 is 1.19 bits per heavy atom. The molecule has 1 aliphatic rings. The molecule has 26 heavy (non-hydrogen) atoms.